The van der Waals surface area contributed by atoms with Crippen molar-refractivity contribution in [1.82, 2.24) is 10.2 Å². The molecule has 3 nitrogen and oxygen atoms in total. The van der Waals surface area contributed by atoms with Crippen molar-refractivity contribution in [3.05, 3.63) is 29.8 Å². The predicted molar refractivity (Wildman–Crippen MR) is 84.2 cm³/mol. The van der Waals surface area contributed by atoms with Crippen molar-refractivity contribution in [2.24, 2.45) is 0 Å². The van der Waals surface area contributed by atoms with E-state index in [9.17, 15) is 5.11 Å². The Hall–Kier alpha value is -1.06. The Bertz CT molecular complexity index is 412. The van der Waals surface area contributed by atoms with Crippen LogP contribution < -0.4 is 5.32 Å². The molecule has 1 heterocycles. The number of benzene rings is 1. The summed E-state index contributed by atoms with van der Waals surface area (Å²) in [5.74, 6) is 0.340. The molecule has 2 N–H and O–H groups in total. The minimum atomic E-state index is 0.198. The third-order valence-corrected chi connectivity index (χ3v) is 5.02. The van der Waals surface area contributed by atoms with Crippen molar-refractivity contribution in [2.75, 3.05) is 20.1 Å². The minimum absolute atomic E-state index is 0.198. The Balaban J connectivity index is 2.14. The molecular weight excluding hydrogens is 248 g/mol. The molecule has 1 aromatic rings. The van der Waals surface area contributed by atoms with Crippen LogP contribution in [0.3, 0.4) is 0 Å². The van der Waals surface area contributed by atoms with E-state index < -0.39 is 0 Å². The van der Waals surface area contributed by atoms with Crippen LogP contribution in [0.1, 0.15) is 38.7 Å². The monoisotopic (exact) mass is 276 g/mol. The molecule has 0 aliphatic carbocycles. The van der Waals surface area contributed by atoms with Gasteiger partial charge in [0.25, 0.3) is 0 Å². The van der Waals surface area contributed by atoms with E-state index in [1.54, 1.807) is 12.1 Å². The van der Waals surface area contributed by atoms with E-state index in [2.05, 4.69) is 31.1 Å². The van der Waals surface area contributed by atoms with Gasteiger partial charge in [-0.25, -0.2) is 0 Å². The summed E-state index contributed by atoms with van der Waals surface area (Å²) in [5.41, 5.74) is 1.48. The molecule has 2 rings (SSSR count). The van der Waals surface area contributed by atoms with Gasteiger partial charge in [-0.3, -0.25) is 4.90 Å². The van der Waals surface area contributed by atoms with Crippen molar-refractivity contribution < 1.29 is 5.11 Å². The number of hydrogen-bond acceptors (Lipinski definition) is 3. The third-order valence-electron chi connectivity index (χ3n) is 5.02. The van der Waals surface area contributed by atoms with Gasteiger partial charge >= 0.3 is 0 Å². The Morgan fingerprint density at radius 3 is 2.35 bits per heavy atom. The molecule has 0 amide bonds. The van der Waals surface area contributed by atoms with Gasteiger partial charge < -0.3 is 10.4 Å². The second kappa shape index (κ2) is 6.59. The van der Waals surface area contributed by atoms with Crippen molar-refractivity contribution in [3.63, 3.8) is 0 Å². The lowest BCUT2D eigenvalue weighted by Crippen LogP contribution is -2.58. The molecule has 0 saturated carbocycles. The maximum Gasteiger partial charge on any atom is 0.115 e. The molecule has 20 heavy (non-hydrogen) atoms. The molecule has 3 heteroatoms. The first-order chi connectivity index (χ1) is 9.60. The number of aromatic hydroxyl groups is 1. The van der Waals surface area contributed by atoms with Gasteiger partial charge in [-0.2, -0.15) is 0 Å². The smallest absolute Gasteiger partial charge is 0.115 e. The number of nitrogens with one attached hydrogen (secondary N) is 1. The first kappa shape index (κ1) is 15.3. The zero-order valence-corrected chi connectivity index (χ0v) is 13.0. The fourth-order valence-corrected chi connectivity index (χ4v) is 3.42. The molecular formula is C17H28N2O. The van der Waals surface area contributed by atoms with Crippen LogP contribution >= 0.6 is 0 Å². The van der Waals surface area contributed by atoms with Gasteiger partial charge in [-0.05, 0) is 70.4 Å². The lowest BCUT2D eigenvalue weighted by Gasteiger charge is -2.44. The van der Waals surface area contributed by atoms with Gasteiger partial charge in [0, 0.05) is 11.6 Å². The highest BCUT2D eigenvalue weighted by Crippen LogP contribution is 2.29. The highest BCUT2D eigenvalue weighted by atomic mass is 16.3. The van der Waals surface area contributed by atoms with E-state index >= 15 is 0 Å². The maximum atomic E-state index is 9.40. The Morgan fingerprint density at radius 1 is 1.25 bits per heavy atom. The summed E-state index contributed by atoms with van der Waals surface area (Å²) in [6.45, 7) is 7.12. The van der Waals surface area contributed by atoms with E-state index in [-0.39, 0.29) is 5.54 Å². The molecule has 0 bridgehead atoms. The van der Waals surface area contributed by atoms with Gasteiger partial charge in [0.2, 0.25) is 0 Å². The molecule has 0 spiro atoms. The number of nitrogens with zero attached hydrogens (tertiary/aromatic N) is 1. The molecule has 0 aromatic heterocycles. The van der Waals surface area contributed by atoms with Crippen molar-refractivity contribution in [3.8, 4) is 5.75 Å². The molecule has 0 radical (unpaired) electrons. The zero-order valence-electron chi connectivity index (χ0n) is 13.0. The number of phenolic OH excluding ortho intramolecular Hbond substituents is 1. The number of phenols is 1. The Morgan fingerprint density at radius 2 is 1.85 bits per heavy atom. The molecule has 1 fully saturated rings. The van der Waals surface area contributed by atoms with E-state index in [0.717, 1.165) is 12.8 Å². The van der Waals surface area contributed by atoms with Crippen molar-refractivity contribution >= 4 is 0 Å². The maximum absolute atomic E-state index is 9.40. The normalized spacial score (nSPS) is 20.8. The van der Waals surface area contributed by atoms with Crippen LogP contribution in [0, 0.1) is 0 Å². The van der Waals surface area contributed by atoms with Crippen molar-refractivity contribution in [1.29, 1.82) is 0 Å². The highest BCUT2D eigenvalue weighted by molar-refractivity contribution is 5.27. The summed E-state index contributed by atoms with van der Waals surface area (Å²) in [5, 5.41) is 12.9. The third kappa shape index (κ3) is 3.15. The summed E-state index contributed by atoms with van der Waals surface area (Å²) in [6.07, 6.45) is 4.80. The standard InChI is InChI=1S/C17H28N2O/c1-4-17(2,19-11-5-6-12-19)16(18-3)13-14-7-9-15(20)10-8-14/h7-10,16,18,20H,4-6,11-13H2,1-3H3. The van der Waals surface area contributed by atoms with Crippen LogP contribution in [-0.2, 0) is 6.42 Å². The Kier molecular flexibility index (Phi) is 5.06. The highest BCUT2D eigenvalue weighted by Gasteiger charge is 2.38. The number of likely N-dealkylation sites (tertiary alicyclic amines) is 1. The average molecular weight is 276 g/mol. The van der Waals surface area contributed by atoms with Gasteiger partial charge in [0.05, 0.1) is 0 Å². The fourth-order valence-electron chi connectivity index (χ4n) is 3.42. The lowest BCUT2D eigenvalue weighted by molar-refractivity contribution is 0.0873. The van der Waals surface area contributed by atoms with E-state index in [1.807, 2.05) is 12.1 Å². The lowest BCUT2D eigenvalue weighted by atomic mass is 9.83. The van der Waals surface area contributed by atoms with E-state index in [4.69, 9.17) is 0 Å². The Labute approximate surface area is 123 Å². The molecule has 1 saturated heterocycles. The van der Waals surface area contributed by atoms with Gasteiger partial charge in [-0.15, -0.1) is 0 Å². The molecule has 112 valence electrons. The predicted octanol–water partition coefficient (Wildman–Crippen LogP) is 2.79. The van der Waals surface area contributed by atoms with Crippen LogP contribution in [0.2, 0.25) is 0 Å². The van der Waals surface area contributed by atoms with Crippen LogP contribution in [0.5, 0.6) is 5.75 Å². The molecule has 1 aliphatic heterocycles. The summed E-state index contributed by atoms with van der Waals surface area (Å²) < 4.78 is 0. The summed E-state index contributed by atoms with van der Waals surface area (Å²) in [4.78, 5) is 2.65. The van der Waals surface area contributed by atoms with Gasteiger partial charge in [0.1, 0.15) is 5.75 Å². The van der Waals surface area contributed by atoms with Gasteiger partial charge in [-0.1, -0.05) is 19.1 Å². The topological polar surface area (TPSA) is 35.5 Å². The summed E-state index contributed by atoms with van der Waals surface area (Å²) in [7, 11) is 2.06. The average Bonchev–Trinajstić information content (AvgIpc) is 3.00. The first-order valence-electron chi connectivity index (χ1n) is 7.80. The van der Waals surface area contributed by atoms with E-state index in [1.165, 1.54) is 31.5 Å². The first-order valence-corrected chi connectivity index (χ1v) is 7.80. The van der Waals surface area contributed by atoms with Crippen LogP contribution in [0.15, 0.2) is 24.3 Å². The van der Waals surface area contributed by atoms with Crippen molar-refractivity contribution in [2.45, 2.75) is 51.1 Å². The SMILES string of the molecule is CCC(C)(C(Cc1ccc(O)cc1)NC)N1CCCC1. The second-order valence-corrected chi connectivity index (χ2v) is 6.12. The van der Waals surface area contributed by atoms with E-state index in [0.29, 0.717) is 11.8 Å². The molecule has 2 unspecified atom stereocenters. The number of rotatable bonds is 6. The number of hydrogen-bond donors (Lipinski definition) is 2. The summed E-state index contributed by atoms with van der Waals surface area (Å²) >= 11 is 0. The largest absolute Gasteiger partial charge is 0.508 e. The molecule has 1 aromatic carbocycles. The zero-order chi connectivity index (χ0) is 14.6. The molecule has 2 atom stereocenters. The number of likely N-dealkylation sites (N-methyl/N-ethyl adjacent to an activating group) is 1. The second-order valence-electron chi connectivity index (χ2n) is 6.12. The fraction of sp³-hybridized carbons (Fsp3) is 0.647. The van der Waals surface area contributed by atoms with Crippen LogP contribution in [0.4, 0.5) is 0 Å². The van der Waals surface area contributed by atoms with Gasteiger partial charge in [0.15, 0.2) is 0 Å². The summed E-state index contributed by atoms with van der Waals surface area (Å²) in [6, 6.07) is 8.04. The minimum Gasteiger partial charge on any atom is -0.508 e. The van der Waals surface area contributed by atoms with Crippen LogP contribution in [-0.4, -0.2) is 41.7 Å². The van der Waals surface area contributed by atoms with Crippen LogP contribution in [0.25, 0.3) is 0 Å². The molecule has 1 aliphatic rings. The quantitative estimate of drug-likeness (QED) is 0.838.